The fraction of sp³-hybridized carbons (Fsp3) is 1.00. The maximum atomic E-state index is 9.81. The largest absolute Gasteiger partial charge is 0.393 e. The van der Waals surface area contributed by atoms with Gasteiger partial charge in [-0.05, 0) is 30.6 Å². The van der Waals surface area contributed by atoms with Crippen molar-refractivity contribution in [1.29, 1.82) is 0 Å². The van der Waals surface area contributed by atoms with Gasteiger partial charge in [0, 0.05) is 0 Å². The van der Waals surface area contributed by atoms with E-state index in [-0.39, 0.29) is 6.10 Å². The van der Waals surface area contributed by atoms with Crippen LogP contribution in [0.5, 0.6) is 0 Å². The Bertz CT molecular complexity index is 135. The Hall–Kier alpha value is -0.0400. The van der Waals surface area contributed by atoms with E-state index < -0.39 is 0 Å². The lowest BCUT2D eigenvalue weighted by atomic mass is 9.87. The zero-order valence-electron chi connectivity index (χ0n) is 10.6. The fourth-order valence-electron chi connectivity index (χ4n) is 1.79. The first-order valence-electron chi connectivity index (χ1n) is 6.03. The van der Waals surface area contributed by atoms with E-state index in [1.165, 1.54) is 12.8 Å². The van der Waals surface area contributed by atoms with E-state index in [1.807, 2.05) is 0 Å². The van der Waals surface area contributed by atoms with Crippen LogP contribution in [0.1, 0.15) is 66.7 Å². The Balaban J connectivity index is 3.59. The van der Waals surface area contributed by atoms with Crippen molar-refractivity contribution in [3.63, 3.8) is 0 Å². The van der Waals surface area contributed by atoms with E-state index in [1.54, 1.807) is 0 Å². The van der Waals surface area contributed by atoms with Gasteiger partial charge in [-0.15, -0.1) is 0 Å². The summed E-state index contributed by atoms with van der Waals surface area (Å²) in [5, 5.41) is 9.81. The molecule has 0 aromatic rings. The van der Waals surface area contributed by atoms with Gasteiger partial charge in [0.25, 0.3) is 0 Å². The third kappa shape index (κ3) is 8.55. The second kappa shape index (κ2) is 6.44. The number of aliphatic hydroxyl groups excluding tert-OH is 1. The van der Waals surface area contributed by atoms with Crippen LogP contribution in [0.25, 0.3) is 0 Å². The summed E-state index contributed by atoms with van der Waals surface area (Å²) in [7, 11) is 0. The Kier molecular flexibility index (Phi) is 6.43. The van der Waals surface area contributed by atoms with Gasteiger partial charge < -0.3 is 5.11 Å². The monoisotopic (exact) mass is 200 g/mol. The molecule has 14 heavy (non-hydrogen) atoms. The van der Waals surface area contributed by atoms with Gasteiger partial charge in [-0.2, -0.15) is 0 Å². The average molecular weight is 200 g/mol. The minimum absolute atomic E-state index is 0.0872. The molecule has 0 spiro atoms. The van der Waals surface area contributed by atoms with Crippen molar-refractivity contribution in [2.24, 2.45) is 11.3 Å². The van der Waals surface area contributed by atoms with Crippen LogP contribution in [0.4, 0.5) is 0 Å². The summed E-state index contributed by atoms with van der Waals surface area (Å²) >= 11 is 0. The minimum atomic E-state index is -0.0872. The summed E-state index contributed by atoms with van der Waals surface area (Å²) in [5.74, 6) is 0.676. The number of hydrogen-bond acceptors (Lipinski definition) is 1. The van der Waals surface area contributed by atoms with Crippen molar-refractivity contribution in [3.05, 3.63) is 0 Å². The summed E-state index contributed by atoms with van der Waals surface area (Å²) in [5.41, 5.74) is 0.356. The van der Waals surface area contributed by atoms with E-state index in [0.717, 1.165) is 19.3 Å². The molecule has 1 N–H and O–H groups in total. The van der Waals surface area contributed by atoms with Crippen LogP contribution in [0.3, 0.4) is 0 Å². The second-order valence-electron chi connectivity index (χ2n) is 5.88. The maximum absolute atomic E-state index is 9.81. The lowest BCUT2D eigenvalue weighted by molar-refractivity contribution is 0.119. The highest BCUT2D eigenvalue weighted by molar-refractivity contribution is 4.67. The molecule has 0 saturated carbocycles. The van der Waals surface area contributed by atoms with Gasteiger partial charge in [-0.1, -0.05) is 47.5 Å². The molecule has 2 unspecified atom stereocenters. The van der Waals surface area contributed by atoms with Gasteiger partial charge >= 0.3 is 0 Å². The lowest BCUT2D eigenvalue weighted by Gasteiger charge is -2.21. The SMILES string of the molecule is CCCC(C)CC(O)CCC(C)(C)C. The Labute approximate surface area is 89.9 Å². The molecule has 0 aliphatic rings. The third-order valence-electron chi connectivity index (χ3n) is 2.68. The van der Waals surface area contributed by atoms with E-state index in [0.29, 0.717) is 11.3 Å². The number of hydrogen-bond donors (Lipinski definition) is 1. The number of rotatable bonds is 6. The first-order valence-corrected chi connectivity index (χ1v) is 6.03. The molecule has 1 heteroatoms. The Morgan fingerprint density at radius 1 is 1.14 bits per heavy atom. The molecule has 0 radical (unpaired) electrons. The number of aliphatic hydroxyl groups is 1. The van der Waals surface area contributed by atoms with Crippen molar-refractivity contribution in [1.82, 2.24) is 0 Å². The average Bonchev–Trinajstić information content (AvgIpc) is 2.00. The van der Waals surface area contributed by atoms with Crippen LogP contribution < -0.4 is 0 Å². The highest BCUT2D eigenvalue weighted by Crippen LogP contribution is 2.24. The first-order chi connectivity index (χ1) is 6.35. The first kappa shape index (κ1) is 14.0. The molecule has 2 atom stereocenters. The Morgan fingerprint density at radius 3 is 2.14 bits per heavy atom. The van der Waals surface area contributed by atoms with E-state index in [4.69, 9.17) is 0 Å². The standard InChI is InChI=1S/C13H28O/c1-6-7-11(2)10-12(14)8-9-13(3,4)5/h11-12,14H,6-10H2,1-5H3. The Morgan fingerprint density at radius 2 is 1.71 bits per heavy atom. The van der Waals surface area contributed by atoms with Crippen molar-refractivity contribution >= 4 is 0 Å². The highest BCUT2D eigenvalue weighted by Gasteiger charge is 2.15. The van der Waals surface area contributed by atoms with Gasteiger partial charge in [-0.3, -0.25) is 0 Å². The molecule has 0 amide bonds. The molecule has 0 aliphatic carbocycles. The van der Waals surface area contributed by atoms with Gasteiger partial charge in [0.05, 0.1) is 6.10 Å². The summed E-state index contributed by atoms with van der Waals surface area (Å²) in [4.78, 5) is 0. The van der Waals surface area contributed by atoms with Crippen LogP contribution in [0, 0.1) is 11.3 Å². The van der Waals surface area contributed by atoms with Crippen molar-refractivity contribution in [2.75, 3.05) is 0 Å². The fourth-order valence-corrected chi connectivity index (χ4v) is 1.79. The quantitative estimate of drug-likeness (QED) is 0.687. The topological polar surface area (TPSA) is 20.2 Å². The predicted octanol–water partition coefficient (Wildman–Crippen LogP) is 4.00. The van der Waals surface area contributed by atoms with Gasteiger partial charge in [-0.25, -0.2) is 0 Å². The second-order valence-corrected chi connectivity index (χ2v) is 5.88. The summed E-state index contributed by atoms with van der Waals surface area (Å²) in [6.45, 7) is 11.1. The smallest absolute Gasteiger partial charge is 0.0543 e. The van der Waals surface area contributed by atoms with Crippen LogP contribution in [-0.2, 0) is 0 Å². The molecule has 0 bridgehead atoms. The van der Waals surface area contributed by atoms with E-state index in [2.05, 4.69) is 34.6 Å². The minimum Gasteiger partial charge on any atom is -0.393 e. The molecule has 0 fully saturated rings. The molecule has 86 valence electrons. The molecule has 0 heterocycles. The molecular weight excluding hydrogens is 172 g/mol. The normalized spacial score (nSPS) is 16.7. The molecule has 0 aromatic heterocycles. The van der Waals surface area contributed by atoms with Gasteiger partial charge in [0.1, 0.15) is 0 Å². The van der Waals surface area contributed by atoms with Crippen molar-refractivity contribution in [2.45, 2.75) is 72.8 Å². The van der Waals surface area contributed by atoms with Crippen LogP contribution in [0.2, 0.25) is 0 Å². The van der Waals surface area contributed by atoms with Gasteiger partial charge in [0.2, 0.25) is 0 Å². The van der Waals surface area contributed by atoms with Gasteiger partial charge in [0.15, 0.2) is 0 Å². The zero-order valence-corrected chi connectivity index (χ0v) is 10.6. The lowest BCUT2D eigenvalue weighted by Crippen LogP contribution is -2.15. The van der Waals surface area contributed by atoms with E-state index in [9.17, 15) is 5.11 Å². The molecule has 0 aliphatic heterocycles. The summed E-state index contributed by atoms with van der Waals surface area (Å²) in [6, 6.07) is 0. The third-order valence-corrected chi connectivity index (χ3v) is 2.68. The van der Waals surface area contributed by atoms with Crippen LogP contribution in [-0.4, -0.2) is 11.2 Å². The van der Waals surface area contributed by atoms with Crippen LogP contribution in [0.15, 0.2) is 0 Å². The molecule has 0 aromatic carbocycles. The molecular formula is C13H28O. The van der Waals surface area contributed by atoms with Crippen LogP contribution >= 0.6 is 0 Å². The van der Waals surface area contributed by atoms with E-state index >= 15 is 0 Å². The summed E-state index contributed by atoms with van der Waals surface area (Å²) < 4.78 is 0. The maximum Gasteiger partial charge on any atom is 0.0543 e. The molecule has 0 rings (SSSR count). The van der Waals surface area contributed by atoms with Crippen molar-refractivity contribution < 1.29 is 5.11 Å². The molecule has 1 nitrogen and oxygen atoms in total. The summed E-state index contributed by atoms with van der Waals surface area (Å²) in [6.07, 6.45) is 5.43. The predicted molar refractivity (Wildman–Crippen MR) is 63.4 cm³/mol. The molecule has 0 saturated heterocycles. The van der Waals surface area contributed by atoms with Crippen molar-refractivity contribution in [3.8, 4) is 0 Å². The highest BCUT2D eigenvalue weighted by atomic mass is 16.3. The zero-order chi connectivity index (χ0) is 11.2.